The standard InChI is InChI=1S/C22H20ClN3O3/c1-22(2,14-6-5-7-15(23)10-14)12-24-18(27)11-26-13-25-19-16-8-3-4-9-17(16)29-20(19)21(26)28/h3-10,13H,11-12H2,1-2H3,(H,24,27). The van der Waals surface area contributed by atoms with E-state index in [2.05, 4.69) is 10.3 Å². The Balaban J connectivity index is 1.51. The summed E-state index contributed by atoms with van der Waals surface area (Å²) in [5, 5.41) is 4.32. The van der Waals surface area contributed by atoms with Crippen molar-refractivity contribution in [3.05, 3.63) is 75.8 Å². The first-order chi connectivity index (χ1) is 13.8. The molecule has 4 aromatic rings. The van der Waals surface area contributed by atoms with E-state index >= 15 is 0 Å². The Hall–Kier alpha value is -3.12. The van der Waals surface area contributed by atoms with Crippen molar-refractivity contribution >= 4 is 39.6 Å². The molecule has 7 heteroatoms. The number of nitrogens with zero attached hydrogens (tertiary/aromatic N) is 2. The van der Waals surface area contributed by atoms with Gasteiger partial charge < -0.3 is 9.73 Å². The molecule has 0 bridgehead atoms. The van der Waals surface area contributed by atoms with E-state index < -0.39 is 0 Å². The van der Waals surface area contributed by atoms with Crippen LogP contribution >= 0.6 is 11.6 Å². The monoisotopic (exact) mass is 409 g/mol. The summed E-state index contributed by atoms with van der Waals surface area (Å²) in [6.07, 6.45) is 1.38. The molecule has 1 N–H and O–H groups in total. The quantitative estimate of drug-likeness (QED) is 0.542. The molecule has 4 rings (SSSR count). The van der Waals surface area contributed by atoms with Gasteiger partial charge in [-0.05, 0) is 29.8 Å². The Labute approximate surface area is 172 Å². The Morgan fingerprint density at radius 1 is 1.21 bits per heavy atom. The van der Waals surface area contributed by atoms with Gasteiger partial charge in [0.2, 0.25) is 11.5 Å². The van der Waals surface area contributed by atoms with Crippen molar-refractivity contribution < 1.29 is 9.21 Å². The number of furan rings is 1. The van der Waals surface area contributed by atoms with Crippen LogP contribution in [0.5, 0.6) is 0 Å². The topological polar surface area (TPSA) is 77.1 Å². The normalized spacial score (nSPS) is 11.8. The predicted octanol–water partition coefficient (Wildman–Crippen LogP) is 3.89. The maximum absolute atomic E-state index is 12.7. The SMILES string of the molecule is CC(C)(CNC(=O)Cn1cnc2c(oc3ccccc32)c1=O)c1cccc(Cl)c1. The molecule has 2 heterocycles. The highest BCUT2D eigenvalue weighted by Gasteiger charge is 2.22. The lowest BCUT2D eigenvalue weighted by molar-refractivity contribution is -0.121. The molecule has 6 nitrogen and oxygen atoms in total. The third kappa shape index (κ3) is 3.76. The maximum Gasteiger partial charge on any atom is 0.297 e. The van der Waals surface area contributed by atoms with Crippen molar-refractivity contribution in [3.8, 4) is 0 Å². The van der Waals surface area contributed by atoms with E-state index in [1.165, 1.54) is 10.9 Å². The number of fused-ring (bicyclic) bond motifs is 3. The highest BCUT2D eigenvalue weighted by molar-refractivity contribution is 6.30. The number of benzene rings is 2. The first-order valence-corrected chi connectivity index (χ1v) is 9.62. The summed E-state index contributed by atoms with van der Waals surface area (Å²) < 4.78 is 6.91. The van der Waals surface area contributed by atoms with E-state index in [0.29, 0.717) is 22.7 Å². The van der Waals surface area contributed by atoms with Crippen LogP contribution in [0.2, 0.25) is 5.02 Å². The minimum atomic E-state index is -0.379. The van der Waals surface area contributed by atoms with Crippen LogP contribution < -0.4 is 10.9 Å². The Morgan fingerprint density at radius 3 is 2.79 bits per heavy atom. The number of para-hydroxylation sites is 1. The number of rotatable bonds is 5. The van der Waals surface area contributed by atoms with Crippen LogP contribution in [0.15, 0.2) is 64.1 Å². The Kier molecular flexibility index (Phi) is 4.88. The smallest absolute Gasteiger partial charge is 0.297 e. The van der Waals surface area contributed by atoms with Crippen LogP contribution in [0.1, 0.15) is 19.4 Å². The molecule has 0 saturated carbocycles. The number of carbonyl (C=O) groups excluding carboxylic acids is 1. The summed E-state index contributed by atoms with van der Waals surface area (Å²) in [5.41, 5.74) is 1.58. The maximum atomic E-state index is 12.7. The van der Waals surface area contributed by atoms with E-state index in [0.717, 1.165) is 10.9 Å². The zero-order valence-electron chi connectivity index (χ0n) is 16.1. The third-order valence-electron chi connectivity index (χ3n) is 5.00. The molecule has 0 aliphatic heterocycles. The van der Waals surface area contributed by atoms with Gasteiger partial charge in [0.15, 0.2) is 0 Å². The summed E-state index contributed by atoms with van der Waals surface area (Å²) in [6, 6.07) is 14.9. The number of carbonyl (C=O) groups is 1. The molecule has 0 aliphatic rings. The second-order valence-electron chi connectivity index (χ2n) is 7.62. The molecule has 0 unspecified atom stereocenters. The fourth-order valence-electron chi connectivity index (χ4n) is 3.27. The van der Waals surface area contributed by atoms with Crippen molar-refractivity contribution in [1.82, 2.24) is 14.9 Å². The van der Waals surface area contributed by atoms with Crippen molar-refractivity contribution in [2.45, 2.75) is 25.8 Å². The summed E-state index contributed by atoms with van der Waals surface area (Å²) in [4.78, 5) is 29.5. The highest BCUT2D eigenvalue weighted by atomic mass is 35.5. The summed E-state index contributed by atoms with van der Waals surface area (Å²) in [7, 11) is 0. The molecule has 2 aromatic heterocycles. The second kappa shape index (κ2) is 7.37. The van der Waals surface area contributed by atoms with Gasteiger partial charge in [-0.3, -0.25) is 14.2 Å². The fraction of sp³-hybridized carbons (Fsp3) is 0.227. The van der Waals surface area contributed by atoms with Crippen molar-refractivity contribution in [2.75, 3.05) is 6.54 Å². The summed E-state index contributed by atoms with van der Waals surface area (Å²) >= 11 is 6.07. The summed E-state index contributed by atoms with van der Waals surface area (Å²) in [6.45, 7) is 4.31. The van der Waals surface area contributed by atoms with E-state index in [4.69, 9.17) is 16.0 Å². The number of hydrogen-bond acceptors (Lipinski definition) is 4. The van der Waals surface area contributed by atoms with Crippen molar-refractivity contribution in [2.24, 2.45) is 0 Å². The molecule has 0 saturated heterocycles. The van der Waals surface area contributed by atoms with Gasteiger partial charge in [-0.25, -0.2) is 4.98 Å². The molecule has 29 heavy (non-hydrogen) atoms. The van der Waals surface area contributed by atoms with E-state index in [-0.39, 0.29) is 29.0 Å². The van der Waals surface area contributed by atoms with Crippen molar-refractivity contribution in [3.63, 3.8) is 0 Å². The lowest BCUT2D eigenvalue weighted by Crippen LogP contribution is -2.39. The van der Waals surface area contributed by atoms with Gasteiger partial charge >= 0.3 is 0 Å². The number of amides is 1. The molecular formula is C22H20ClN3O3. The van der Waals surface area contributed by atoms with Crippen LogP contribution in [-0.4, -0.2) is 22.0 Å². The lowest BCUT2D eigenvalue weighted by atomic mass is 9.84. The first kappa shape index (κ1) is 19.2. The van der Waals surface area contributed by atoms with E-state index in [1.807, 2.05) is 56.3 Å². The molecule has 0 atom stereocenters. The molecule has 0 fully saturated rings. The molecule has 0 radical (unpaired) electrons. The van der Waals surface area contributed by atoms with Gasteiger partial charge in [-0.15, -0.1) is 0 Å². The molecule has 2 aromatic carbocycles. The molecule has 1 amide bonds. The minimum Gasteiger partial charge on any atom is -0.448 e. The van der Waals surface area contributed by atoms with Crippen LogP contribution in [-0.2, 0) is 16.8 Å². The number of aromatic nitrogens is 2. The molecule has 0 spiro atoms. The van der Waals surface area contributed by atoms with E-state index in [1.54, 1.807) is 6.07 Å². The fourth-order valence-corrected chi connectivity index (χ4v) is 3.46. The zero-order chi connectivity index (χ0) is 20.6. The average molecular weight is 410 g/mol. The van der Waals surface area contributed by atoms with Gasteiger partial charge in [0.25, 0.3) is 5.56 Å². The van der Waals surface area contributed by atoms with Crippen LogP contribution in [0.4, 0.5) is 0 Å². The predicted molar refractivity (Wildman–Crippen MR) is 113 cm³/mol. The lowest BCUT2D eigenvalue weighted by Gasteiger charge is -2.26. The van der Waals surface area contributed by atoms with Gasteiger partial charge in [0, 0.05) is 22.4 Å². The van der Waals surface area contributed by atoms with Gasteiger partial charge in [-0.2, -0.15) is 0 Å². The zero-order valence-corrected chi connectivity index (χ0v) is 16.9. The first-order valence-electron chi connectivity index (χ1n) is 9.24. The average Bonchev–Trinajstić information content (AvgIpc) is 3.08. The number of halogens is 1. The largest absolute Gasteiger partial charge is 0.448 e. The number of nitrogens with one attached hydrogen (secondary N) is 1. The molecular weight excluding hydrogens is 390 g/mol. The van der Waals surface area contributed by atoms with Gasteiger partial charge in [0.05, 0.1) is 6.33 Å². The minimum absolute atomic E-state index is 0.134. The van der Waals surface area contributed by atoms with Crippen molar-refractivity contribution in [1.29, 1.82) is 0 Å². The van der Waals surface area contributed by atoms with Crippen LogP contribution in [0.25, 0.3) is 22.1 Å². The molecule has 148 valence electrons. The van der Waals surface area contributed by atoms with E-state index in [9.17, 15) is 9.59 Å². The second-order valence-corrected chi connectivity index (χ2v) is 8.06. The van der Waals surface area contributed by atoms with Gasteiger partial charge in [0.1, 0.15) is 17.6 Å². The highest BCUT2D eigenvalue weighted by Crippen LogP contribution is 2.25. The van der Waals surface area contributed by atoms with Crippen LogP contribution in [0, 0.1) is 0 Å². The Bertz CT molecular complexity index is 1270. The number of hydrogen-bond donors (Lipinski definition) is 1. The van der Waals surface area contributed by atoms with Crippen LogP contribution in [0.3, 0.4) is 0 Å². The molecule has 0 aliphatic carbocycles. The Morgan fingerprint density at radius 2 is 2.00 bits per heavy atom. The van der Waals surface area contributed by atoms with Gasteiger partial charge in [-0.1, -0.05) is 49.7 Å². The third-order valence-corrected chi connectivity index (χ3v) is 5.23. The summed E-state index contributed by atoms with van der Waals surface area (Å²) in [5.74, 6) is -0.278.